The molecular weight excluding hydrogens is 484 g/mol. The van der Waals surface area contributed by atoms with Crippen LogP contribution < -0.4 is 0 Å². The molecule has 3 aromatic carbocycles. The minimum absolute atomic E-state index is 0.145. The van der Waals surface area contributed by atoms with Gasteiger partial charge in [0.1, 0.15) is 5.75 Å². The largest absolute Gasteiger partial charge is 0.507 e. The summed E-state index contributed by atoms with van der Waals surface area (Å²) in [5.74, 6) is 0.380. The fraction of sp³-hybridized carbons (Fsp3) is 0.212. The van der Waals surface area contributed by atoms with Gasteiger partial charge in [-0.2, -0.15) is 0 Å². The molecule has 1 amide bonds. The molecule has 39 heavy (non-hydrogen) atoms. The van der Waals surface area contributed by atoms with Crippen LogP contribution in [0, 0.1) is 0 Å². The third kappa shape index (κ3) is 5.56. The molecule has 0 saturated carbocycles. The van der Waals surface area contributed by atoms with E-state index in [0.717, 1.165) is 78.0 Å². The summed E-state index contributed by atoms with van der Waals surface area (Å²) < 4.78 is 0. The Labute approximate surface area is 228 Å². The maximum Gasteiger partial charge on any atom is 0.227 e. The predicted molar refractivity (Wildman–Crippen MR) is 156 cm³/mol. The van der Waals surface area contributed by atoms with Gasteiger partial charge in [-0.25, -0.2) is 0 Å². The molecule has 1 aliphatic rings. The fourth-order valence-corrected chi connectivity index (χ4v) is 5.41. The number of aromatic nitrogens is 2. The zero-order chi connectivity index (χ0) is 26.6. The molecule has 2 N–H and O–H groups in total. The number of nitrogens with one attached hydrogen (secondary N) is 1. The van der Waals surface area contributed by atoms with E-state index in [9.17, 15) is 9.90 Å². The van der Waals surface area contributed by atoms with Crippen molar-refractivity contribution < 1.29 is 9.90 Å². The number of benzene rings is 3. The van der Waals surface area contributed by atoms with Crippen LogP contribution in [0.1, 0.15) is 11.1 Å². The number of H-pyrrole nitrogens is 1. The van der Waals surface area contributed by atoms with Gasteiger partial charge in [0.15, 0.2) is 0 Å². The smallest absolute Gasteiger partial charge is 0.227 e. The molecule has 1 saturated heterocycles. The highest BCUT2D eigenvalue weighted by Crippen LogP contribution is 2.35. The van der Waals surface area contributed by atoms with Gasteiger partial charge in [-0.1, -0.05) is 60.7 Å². The average Bonchev–Trinajstić information content (AvgIpc) is 3.42. The molecule has 6 heteroatoms. The van der Waals surface area contributed by atoms with Gasteiger partial charge in [0.2, 0.25) is 5.91 Å². The number of nitrogens with zero attached hydrogens (tertiary/aromatic N) is 3. The molecule has 0 aliphatic carbocycles. The van der Waals surface area contributed by atoms with Crippen LogP contribution in [0.4, 0.5) is 0 Å². The van der Waals surface area contributed by atoms with Crippen molar-refractivity contribution >= 4 is 16.8 Å². The number of carbonyl (C=O) groups is 1. The summed E-state index contributed by atoms with van der Waals surface area (Å²) in [4.78, 5) is 25.7. The van der Waals surface area contributed by atoms with E-state index in [1.165, 1.54) is 5.56 Å². The van der Waals surface area contributed by atoms with Crippen molar-refractivity contribution in [3.8, 4) is 28.1 Å². The van der Waals surface area contributed by atoms with E-state index in [2.05, 4.69) is 51.3 Å². The second-order valence-electron chi connectivity index (χ2n) is 10.2. The molecule has 0 unspecified atom stereocenters. The Morgan fingerprint density at radius 1 is 0.872 bits per heavy atom. The first-order chi connectivity index (χ1) is 19.1. The van der Waals surface area contributed by atoms with Crippen LogP contribution in [0.15, 0.2) is 97.3 Å². The quantitative estimate of drug-likeness (QED) is 0.298. The van der Waals surface area contributed by atoms with Gasteiger partial charge in [0.25, 0.3) is 0 Å². The van der Waals surface area contributed by atoms with Crippen LogP contribution in [-0.4, -0.2) is 63.5 Å². The molecule has 6 rings (SSSR count). The molecule has 6 nitrogen and oxygen atoms in total. The van der Waals surface area contributed by atoms with Crippen LogP contribution in [0.25, 0.3) is 33.3 Å². The summed E-state index contributed by atoms with van der Waals surface area (Å²) in [6.45, 7) is 4.30. The molecule has 0 spiro atoms. The number of amides is 1. The summed E-state index contributed by atoms with van der Waals surface area (Å²) in [5, 5.41) is 11.5. The number of hydrogen-bond donors (Lipinski definition) is 2. The van der Waals surface area contributed by atoms with Crippen molar-refractivity contribution in [2.24, 2.45) is 0 Å². The maximum atomic E-state index is 13.5. The molecule has 2 aromatic heterocycles. The van der Waals surface area contributed by atoms with Crippen LogP contribution in [0.3, 0.4) is 0 Å². The zero-order valence-corrected chi connectivity index (χ0v) is 21.9. The molecule has 1 fully saturated rings. The van der Waals surface area contributed by atoms with Gasteiger partial charge in [-0.3, -0.25) is 14.7 Å². The summed E-state index contributed by atoms with van der Waals surface area (Å²) in [5.41, 5.74) is 6.88. The first kappa shape index (κ1) is 24.9. The van der Waals surface area contributed by atoms with E-state index >= 15 is 0 Å². The molecule has 196 valence electrons. The van der Waals surface area contributed by atoms with Gasteiger partial charge >= 0.3 is 0 Å². The van der Waals surface area contributed by atoms with Gasteiger partial charge in [0.05, 0.1) is 6.42 Å². The third-order valence-electron chi connectivity index (χ3n) is 7.66. The van der Waals surface area contributed by atoms with Crippen LogP contribution in [0.2, 0.25) is 0 Å². The number of aromatic hydroxyl groups is 1. The van der Waals surface area contributed by atoms with Crippen molar-refractivity contribution in [3.63, 3.8) is 0 Å². The van der Waals surface area contributed by atoms with E-state index in [1.807, 2.05) is 53.6 Å². The lowest BCUT2D eigenvalue weighted by Gasteiger charge is -2.35. The Kier molecular flexibility index (Phi) is 7.11. The number of carbonyl (C=O) groups excluding carboxylic acids is 1. The Bertz CT molecular complexity index is 1550. The van der Waals surface area contributed by atoms with Crippen molar-refractivity contribution in [3.05, 3.63) is 108 Å². The fourth-order valence-electron chi connectivity index (χ4n) is 5.41. The number of rotatable bonds is 7. The molecule has 3 heterocycles. The lowest BCUT2D eigenvalue weighted by atomic mass is 9.95. The predicted octanol–water partition coefficient (Wildman–Crippen LogP) is 5.53. The molecule has 1 aliphatic heterocycles. The normalized spacial score (nSPS) is 14.1. The summed E-state index contributed by atoms with van der Waals surface area (Å²) >= 11 is 0. The number of phenols is 1. The second-order valence-corrected chi connectivity index (χ2v) is 10.2. The van der Waals surface area contributed by atoms with E-state index in [-0.39, 0.29) is 11.7 Å². The monoisotopic (exact) mass is 516 g/mol. The summed E-state index contributed by atoms with van der Waals surface area (Å²) in [6.07, 6.45) is 4.96. The maximum absolute atomic E-state index is 13.5. The van der Waals surface area contributed by atoms with Gasteiger partial charge in [-0.05, 0) is 47.4 Å². The minimum atomic E-state index is 0.145. The SMILES string of the molecule is O=C(Cc1ccc(-c2ccccc2O)cc1-c1cc2cnccc2[nH]1)N1CCN(CCc2ccccc2)CC1. The van der Waals surface area contributed by atoms with Crippen molar-refractivity contribution in [1.29, 1.82) is 0 Å². The molecular formula is C33H32N4O2. The van der Waals surface area contributed by atoms with Gasteiger partial charge in [-0.15, -0.1) is 0 Å². The number of aromatic amines is 1. The Morgan fingerprint density at radius 2 is 1.67 bits per heavy atom. The number of pyridine rings is 1. The first-order valence-corrected chi connectivity index (χ1v) is 13.5. The van der Waals surface area contributed by atoms with Gasteiger partial charge in [0, 0.05) is 72.8 Å². The highest BCUT2D eigenvalue weighted by Gasteiger charge is 2.22. The lowest BCUT2D eigenvalue weighted by molar-refractivity contribution is -0.132. The molecule has 0 atom stereocenters. The van der Waals surface area contributed by atoms with E-state index in [0.29, 0.717) is 6.42 Å². The Hall–Kier alpha value is -4.42. The van der Waals surface area contributed by atoms with Crippen LogP contribution in [-0.2, 0) is 17.6 Å². The second kappa shape index (κ2) is 11.1. The molecule has 5 aromatic rings. The number of para-hydroxylation sites is 1. The molecule has 0 radical (unpaired) electrons. The highest BCUT2D eigenvalue weighted by molar-refractivity contribution is 5.89. The number of hydrogen-bond acceptors (Lipinski definition) is 4. The van der Waals surface area contributed by atoms with Crippen molar-refractivity contribution in [1.82, 2.24) is 19.8 Å². The van der Waals surface area contributed by atoms with E-state index in [4.69, 9.17) is 0 Å². The minimum Gasteiger partial charge on any atom is -0.507 e. The lowest BCUT2D eigenvalue weighted by Crippen LogP contribution is -2.49. The Morgan fingerprint density at radius 3 is 2.46 bits per heavy atom. The van der Waals surface area contributed by atoms with Gasteiger partial charge < -0.3 is 15.0 Å². The summed E-state index contributed by atoms with van der Waals surface area (Å²) in [6, 6.07) is 28.0. The van der Waals surface area contributed by atoms with E-state index < -0.39 is 0 Å². The average molecular weight is 517 g/mol. The highest BCUT2D eigenvalue weighted by atomic mass is 16.3. The van der Waals surface area contributed by atoms with Crippen LogP contribution >= 0.6 is 0 Å². The standard InChI is InChI=1S/C33H32N4O2/c38-32-9-5-4-8-28(32)25-10-11-26(29(20-25)31-21-27-23-34-14-12-30(27)35-31)22-33(39)37-18-16-36(17-19-37)15-13-24-6-2-1-3-7-24/h1-12,14,20-21,23,35,38H,13,15-19,22H2. The Balaban J connectivity index is 1.20. The van der Waals surface area contributed by atoms with Crippen molar-refractivity contribution in [2.75, 3.05) is 32.7 Å². The molecule has 0 bridgehead atoms. The van der Waals surface area contributed by atoms with Crippen LogP contribution in [0.5, 0.6) is 5.75 Å². The first-order valence-electron chi connectivity index (χ1n) is 13.5. The number of phenolic OH excluding ortho intramolecular Hbond substituents is 1. The third-order valence-corrected chi connectivity index (χ3v) is 7.66. The number of fused-ring (bicyclic) bond motifs is 1. The number of piperazine rings is 1. The van der Waals surface area contributed by atoms with E-state index in [1.54, 1.807) is 12.3 Å². The zero-order valence-electron chi connectivity index (χ0n) is 21.9. The van der Waals surface area contributed by atoms with Crippen molar-refractivity contribution in [2.45, 2.75) is 12.8 Å². The topological polar surface area (TPSA) is 72.5 Å². The summed E-state index contributed by atoms with van der Waals surface area (Å²) in [7, 11) is 0.